The summed E-state index contributed by atoms with van der Waals surface area (Å²) in [6.45, 7) is 2.11. The normalized spacial score (nSPS) is 27.9. The van der Waals surface area contributed by atoms with Gasteiger partial charge in [-0.15, -0.1) is 0 Å². The van der Waals surface area contributed by atoms with Crippen molar-refractivity contribution in [2.45, 2.75) is 25.4 Å². The van der Waals surface area contributed by atoms with Gasteiger partial charge in [-0.05, 0) is 19.1 Å². The van der Waals surface area contributed by atoms with Crippen molar-refractivity contribution in [1.29, 1.82) is 0 Å². The molecule has 1 aliphatic heterocycles. The molecule has 1 aromatic rings. The monoisotopic (exact) mass is 228 g/mol. The van der Waals surface area contributed by atoms with Crippen molar-refractivity contribution in [2.75, 3.05) is 6.61 Å². The SMILES string of the molecule is CC(O)C1COC(c2ccc(Cl)cc2)O1. The number of aliphatic hydroxyl groups excluding tert-OH is 1. The topological polar surface area (TPSA) is 38.7 Å². The summed E-state index contributed by atoms with van der Waals surface area (Å²) in [7, 11) is 0. The third-order valence-electron chi connectivity index (χ3n) is 2.39. The first kappa shape index (κ1) is 10.9. The fraction of sp³-hybridized carbons (Fsp3) is 0.455. The highest BCUT2D eigenvalue weighted by Crippen LogP contribution is 2.28. The van der Waals surface area contributed by atoms with Gasteiger partial charge in [0.25, 0.3) is 0 Å². The number of ether oxygens (including phenoxy) is 2. The van der Waals surface area contributed by atoms with Crippen LogP contribution in [0.4, 0.5) is 0 Å². The Morgan fingerprint density at radius 3 is 2.60 bits per heavy atom. The predicted molar refractivity (Wildman–Crippen MR) is 56.7 cm³/mol. The minimum atomic E-state index is -0.512. The van der Waals surface area contributed by atoms with Crippen LogP contribution in [0.25, 0.3) is 0 Å². The van der Waals surface area contributed by atoms with E-state index in [2.05, 4.69) is 0 Å². The molecule has 3 atom stereocenters. The van der Waals surface area contributed by atoms with Gasteiger partial charge < -0.3 is 14.6 Å². The maximum atomic E-state index is 9.33. The average Bonchev–Trinajstić information content (AvgIpc) is 2.68. The van der Waals surface area contributed by atoms with Crippen LogP contribution in [0, 0.1) is 0 Å². The summed E-state index contributed by atoms with van der Waals surface area (Å²) in [5, 5.41) is 10.0. The zero-order valence-electron chi connectivity index (χ0n) is 8.39. The van der Waals surface area contributed by atoms with Crippen LogP contribution in [0.1, 0.15) is 18.8 Å². The van der Waals surface area contributed by atoms with Crippen molar-refractivity contribution in [2.24, 2.45) is 0 Å². The van der Waals surface area contributed by atoms with Crippen molar-refractivity contribution in [3.05, 3.63) is 34.9 Å². The minimum Gasteiger partial charge on any atom is -0.391 e. The van der Waals surface area contributed by atoms with Gasteiger partial charge in [0.05, 0.1) is 12.7 Å². The number of benzene rings is 1. The second kappa shape index (κ2) is 4.49. The van der Waals surface area contributed by atoms with Crippen molar-refractivity contribution in [3.63, 3.8) is 0 Å². The van der Waals surface area contributed by atoms with Crippen LogP contribution in [0.3, 0.4) is 0 Å². The van der Waals surface area contributed by atoms with E-state index < -0.39 is 6.10 Å². The molecule has 3 unspecified atom stereocenters. The van der Waals surface area contributed by atoms with Crippen LogP contribution in [-0.2, 0) is 9.47 Å². The molecule has 0 aromatic heterocycles. The number of aliphatic hydroxyl groups is 1. The largest absolute Gasteiger partial charge is 0.391 e. The molecule has 0 bridgehead atoms. The molecule has 0 spiro atoms. The molecular formula is C11H13ClO3. The van der Waals surface area contributed by atoms with Crippen LogP contribution in [0.15, 0.2) is 24.3 Å². The second-order valence-electron chi connectivity index (χ2n) is 3.63. The van der Waals surface area contributed by atoms with Crippen molar-refractivity contribution in [1.82, 2.24) is 0 Å². The number of rotatable bonds is 2. The van der Waals surface area contributed by atoms with Gasteiger partial charge in [0.15, 0.2) is 6.29 Å². The second-order valence-corrected chi connectivity index (χ2v) is 4.07. The lowest BCUT2D eigenvalue weighted by molar-refractivity contribution is -0.0801. The van der Waals surface area contributed by atoms with Crippen molar-refractivity contribution < 1.29 is 14.6 Å². The molecule has 2 rings (SSSR count). The lowest BCUT2D eigenvalue weighted by Gasteiger charge is -2.13. The fourth-order valence-corrected chi connectivity index (χ4v) is 1.59. The molecule has 1 N–H and O–H groups in total. The van der Waals surface area contributed by atoms with E-state index in [1.807, 2.05) is 12.1 Å². The molecule has 15 heavy (non-hydrogen) atoms. The molecule has 82 valence electrons. The Morgan fingerprint density at radius 1 is 1.40 bits per heavy atom. The molecule has 0 aliphatic carbocycles. The van der Waals surface area contributed by atoms with Gasteiger partial charge in [-0.1, -0.05) is 23.7 Å². The maximum Gasteiger partial charge on any atom is 0.184 e. The van der Waals surface area contributed by atoms with E-state index >= 15 is 0 Å². The van der Waals surface area contributed by atoms with Crippen molar-refractivity contribution >= 4 is 11.6 Å². The van der Waals surface area contributed by atoms with Gasteiger partial charge in [-0.25, -0.2) is 0 Å². The van der Waals surface area contributed by atoms with E-state index in [1.54, 1.807) is 19.1 Å². The van der Waals surface area contributed by atoms with Crippen LogP contribution in [0.5, 0.6) is 0 Å². The molecule has 0 amide bonds. The summed E-state index contributed by atoms with van der Waals surface area (Å²) in [4.78, 5) is 0. The highest BCUT2D eigenvalue weighted by molar-refractivity contribution is 6.30. The standard InChI is InChI=1S/C11H13ClO3/c1-7(13)10-6-14-11(15-10)8-2-4-9(12)5-3-8/h2-5,7,10-11,13H,6H2,1H3. The van der Waals surface area contributed by atoms with E-state index in [9.17, 15) is 5.11 Å². The number of halogens is 1. The Bertz CT molecular complexity index is 323. The lowest BCUT2D eigenvalue weighted by Crippen LogP contribution is -2.24. The van der Waals surface area contributed by atoms with Gasteiger partial charge in [-0.2, -0.15) is 0 Å². The first-order valence-corrected chi connectivity index (χ1v) is 5.25. The average molecular weight is 229 g/mol. The molecule has 3 nitrogen and oxygen atoms in total. The molecule has 1 aromatic carbocycles. The van der Waals surface area contributed by atoms with E-state index in [0.717, 1.165) is 5.56 Å². The summed E-state index contributed by atoms with van der Waals surface area (Å²) in [5.74, 6) is 0. The molecule has 4 heteroatoms. The summed E-state index contributed by atoms with van der Waals surface area (Å²) >= 11 is 5.78. The number of hydrogen-bond acceptors (Lipinski definition) is 3. The molecule has 0 saturated carbocycles. The Hall–Kier alpha value is -0.610. The molecule has 1 saturated heterocycles. The van der Waals surface area contributed by atoms with E-state index in [4.69, 9.17) is 21.1 Å². The third-order valence-corrected chi connectivity index (χ3v) is 2.64. The van der Waals surface area contributed by atoms with Gasteiger partial charge >= 0.3 is 0 Å². The molecule has 0 radical (unpaired) electrons. The Labute approximate surface area is 93.6 Å². The zero-order valence-corrected chi connectivity index (χ0v) is 9.15. The quantitative estimate of drug-likeness (QED) is 0.843. The van der Waals surface area contributed by atoms with E-state index in [-0.39, 0.29) is 12.4 Å². The predicted octanol–water partition coefficient (Wildman–Crippen LogP) is 2.13. The molecule has 1 heterocycles. The van der Waals surface area contributed by atoms with E-state index in [1.165, 1.54) is 0 Å². The zero-order chi connectivity index (χ0) is 10.8. The van der Waals surface area contributed by atoms with Crippen LogP contribution in [-0.4, -0.2) is 23.9 Å². The third kappa shape index (κ3) is 2.49. The molecular weight excluding hydrogens is 216 g/mol. The van der Waals surface area contributed by atoms with Crippen LogP contribution >= 0.6 is 11.6 Å². The van der Waals surface area contributed by atoms with Gasteiger partial charge in [0, 0.05) is 10.6 Å². The first-order chi connectivity index (χ1) is 7.16. The lowest BCUT2D eigenvalue weighted by atomic mass is 10.2. The summed E-state index contributed by atoms with van der Waals surface area (Å²) in [6.07, 6.45) is -1.14. The Morgan fingerprint density at radius 2 is 2.07 bits per heavy atom. The van der Waals surface area contributed by atoms with Gasteiger partial charge in [0.2, 0.25) is 0 Å². The van der Waals surface area contributed by atoms with Gasteiger partial charge in [0.1, 0.15) is 6.10 Å². The summed E-state index contributed by atoms with van der Waals surface area (Å²) < 4.78 is 11.0. The molecule has 1 fully saturated rings. The van der Waals surface area contributed by atoms with Crippen LogP contribution in [0.2, 0.25) is 5.02 Å². The highest BCUT2D eigenvalue weighted by atomic mass is 35.5. The van der Waals surface area contributed by atoms with E-state index in [0.29, 0.717) is 11.6 Å². The first-order valence-electron chi connectivity index (χ1n) is 4.87. The Balaban J connectivity index is 2.04. The summed E-state index contributed by atoms with van der Waals surface area (Å²) in [6, 6.07) is 7.30. The summed E-state index contributed by atoms with van der Waals surface area (Å²) in [5.41, 5.74) is 0.919. The van der Waals surface area contributed by atoms with Gasteiger partial charge in [-0.3, -0.25) is 0 Å². The smallest absolute Gasteiger partial charge is 0.184 e. The van der Waals surface area contributed by atoms with Crippen molar-refractivity contribution in [3.8, 4) is 0 Å². The minimum absolute atomic E-state index is 0.245. The fourth-order valence-electron chi connectivity index (χ4n) is 1.47. The molecule has 1 aliphatic rings. The number of hydrogen-bond donors (Lipinski definition) is 1. The van der Waals surface area contributed by atoms with Crippen LogP contribution < -0.4 is 0 Å². The maximum absolute atomic E-state index is 9.33. The Kier molecular flexibility index (Phi) is 3.26. The highest BCUT2D eigenvalue weighted by Gasteiger charge is 2.30.